The molecule has 1 amide bonds. The van der Waals surface area contributed by atoms with Crippen LogP contribution < -0.4 is 20.5 Å². The standard InChI is InChI=1S/C18H21ClN2O3.ClH/c1-2-16(24-17-6-4-3-5-15(17)19)18(22)21-13-7-9-14(10-8-13)23-12-11-20;/h3-10,16H,2,11-12,20H2,1H3,(H,21,22);1H. The zero-order chi connectivity index (χ0) is 17.4. The summed E-state index contributed by atoms with van der Waals surface area (Å²) in [5, 5.41) is 3.31. The molecule has 0 spiro atoms. The summed E-state index contributed by atoms with van der Waals surface area (Å²) in [6.07, 6.45) is -0.104. The molecule has 0 fully saturated rings. The van der Waals surface area contributed by atoms with Crippen LogP contribution in [0.1, 0.15) is 13.3 Å². The molecular formula is C18H22Cl2N2O3. The molecular weight excluding hydrogens is 363 g/mol. The quantitative estimate of drug-likeness (QED) is 0.723. The number of carbonyl (C=O) groups excluding carboxylic acids is 1. The lowest BCUT2D eigenvalue weighted by molar-refractivity contribution is -0.122. The van der Waals surface area contributed by atoms with E-state index < -0.39 is 6.10 Å². The Labute approximate surface area is 158 Å². The summed E-state index contributed by atoms with van der Waals surface area (Å²) in [6, 6.07) is 14.2. The minimum absolute atomic E-state index is 0. The van der Waals surface area contributed by atoms with Gasteiger partial charge >= 0.3 is 0 Å². The van der Waals surface area contributed by atoms with Gasteiger partial charge in [-0.25, -0.2) is 0 Å². The minimum atomic E-state index is -0.627. The number of hydrogen-bond acceptors (Lipinski definition) is 4. The maximum Gasteiger partial charge on any atom is 0.265 e. The summed E-state index contributed by atoms with van der Waals surface area (Å²) in [5.74, 6) is 0.970. The number of nitrogens with one attached hydrogen (secondary N) is 1. The van der Waals surface area contributed by atoms with Crippen LogP contribution >= 0.6 is 24.0 Å². The van der Waals surface area contributed by atoms with E-state index in [0.717, 1.165) is 0 Å². The first-order valence-corrected chi connectivity index (χ1v) is 8.16. The van der Waals surface area contributed by atoms with Crippen LogP contribution in [0.5, 0.6) is 11.5 Å². The molecule has 0 heterocycles. The van der Waals surface area contributed by atoms with Crippen molar-refractivity contribution in [2.24, 2.45) is 5.73 Å². The SMILES string of the molecule is CCC(Oc1ccccc1Cl)C(=O)Nc1ccc(OCCN)cc1.Cl. The molecule has 0 aromatic heterocycles. The molecule has 25 heavy (non-hydrogen) atoms. The van der Waals surface area contributed by atoms with Gasteiger partial charge < -0.3 is 20.5 Å². The summed E-state index contributed by atoms with van der Waals surface area (Å²) in [6.45, 7) is 2.79. The molecule has 1 atom stereocenters. The normalized spacial score (nSPS) is 11.2. The first kappa shape index (κ1) is 21.1. The van der Waals surface area contributed by atoms with E-state index in [9.17, 15) is 4.79 Å². The van der Waals surface area contributed by atoms with Crippen molar-refractivity contribution in [3.05, 3.63) is 53.6 Å². The van der Waals surface area contributed by atoms with E-state index in [4.69, 9.17) is 26.8 Å². The van der Waals surface area contributed by atoms with Gasteiger partial charge in [0, 0.05) is 12.2 Å². The van der Waals surface area contributed by atoms with Gasteiger partial charge in [0.1, 0.15) is 18.1 Å². The molecule has 2 rings (SSSR count). The minimum Gasteiger partial charge on any atom is -0.492 e. The van der Waals surface area contributed by atoms with Gasteiger partial charge in [-0.05, 0) is 42.8 Å². The maximum atomic E-state index is 12.4. The molecule has 0 radical (unpaired) electrons. The van der Waals surface area contributed by atoms with E-state index in [1.54, 1.807) is 36.4 Å². The molecule has 0 aliphatic heterocycles. The zero-order valence-electron chi connectivity index (χ0n) is 13.9. The van der Waals surface area contributed by atoms with Gasteiger partial charge in [-0.1, -0.05) is 30.7 Å². The molecule has 7 heteroatoms. The third kappa shape index (κ3) is 6.46. The largest absolute Gasteiger partial charge is 0.492 e. The maximum absolute atomic E-state index is 12.4. The molecule has 136 valence electrons. The summed E-state index contributed by atoms with van der Waals surface area (Å²) in [7, 11) is 0. The second kappa shape index (κ2) is 10.8. The van der Waals surface area contributed by atoms with Crippen LogP contribution in [-0.2, 0) is 4.79 Å². The van der Waals surface area contributed by atoms with Crippen molar-refractivity contribution in [2.75, 3.05) is 18.5 Å². The van der Waals surface area contributed by atoms with E-state index in [1.165, 1.54) is 0 Å². The fourth-order valence-corrected chi connectivity index (χ4v) is 2.23. The molecule has 0 saturated heterocycles. The number of nitrogens with two attached hydrogens (primary N) is 1. The van der Waals surface area contributed by atoms with Crippen molar-refractivity contribution in [2.45, 2.75) is 19.4 Å². The second-order valence-corrected chi connectivity index (χ2v) is 5.50. The highest BCUT2D eigenvalue weighted by atomic mass is 35.5. The van der Waals surface area contributed by atoms with Crippen LogP contribution in [0.4, 0.5) is 5.69 Å². The fourth-order valence-electron chi connectivity index (χ4n) is 2.05. The zero-order valence-corrected chi connectivity index (χ0v) is 15.5. The lowest BCUT2D eigenvalue weighted by atomic mass is 10.2. The topological polar surface area (TPSA) is 73.6 Å². The highest BCUT2D eigenvalue weighted by molar-refractivity contribution is 6.32. The molecule has 0 saturated carbocycles. The van der Waals surface area contributed by atoms with Gasteiger partial charge in [-0.2, -0.15) is 0 Å². The Hall–Kier alpha value is -1.95. The first-order valence-electron chi connectivity index (χ1n) is 7.79. The Kier molecular flexibility index (Phi) is 9.13. The Bertz CT molecular complexity index is 666. The van der Waals surface area contributed by atoms with Crippen LogP contribution in [0.25, 0.3) is 0 Å². The molecule has 0 bridgehead atoms. The fraction of sp³-hybridized carbons (Fsp3) is 0.278. The highest BCUT2D eigenvalue weighted by Gasteiger charge is 2.19. The molecule has 5 nitrogen and oxygen atoms in total. The van der Waals surface area contributed by atoms with Crippen LogP contribution in [0, 0.1) is 0 Å². The average Bonchev–Trinajstić information content (AvgIpc) is 2.60. The number of ether oxygens (including phenoxy) is 2. The van der Waals surface area contributed by atoms with Gasteiger partial charge in [-0.3, -0.25) is 4.79 Å². The third-order valence-corrected chi connectivity index (χ3v) is 3.59. The molecule has 0 aliphatic rings. The predicted molar refractivity (Wildman–Crippen MR) is 103 cm³/mol. The smallest absolute Gasteiger partial charge is 0.265 e. The highest BCUT2D eigenvalue weighted by Crippen LogP contribution is 2.25. The molecule has 2 aromatic carbocycles. The lowest BCUT2D eigenvalue weighted by Gasteiger charge is -2.18. The Morgan fingerprint density at radius 3 is 2.48 bits per heavy atom. The van der Waals surface area contributed by atoms with Gasteiger partial charge in [0.2, 0.25) is 0 Å². The van der Waals surface area contributed by atoms with Crippen molar-refractivity contribution in [3.8, 4) is 11.5 Å². The summed E-state index contributed by atoms with van der Waals surface area (Å²) in [4.78, 5) is 12.4. The summed E-state index contributed by atoms with van der Waals surface area (Å²) < 4.78 is 11.1. The molecule has 0 aliphatic carbocycles. The van der Waals surface area contributed by atoms with Crippen molar-refractivity contribution < 1.29 is 14.3 Å². The van der Waals surface area contributed by atoms with E-state index in [-0.39, 0.29) is 18.3 Å². The first-order chi connectivity index (χ1) is 11.6. The Balaban J connectivity index is 0.00000312. The Morgan fingerprint density at radius 1 is 1.20 bits per heavy atom. The van der Waals surface area contributed by atoms with E-state index in [2.05, 4.69) is 5.32 Å². The molecule has 2 aromatic rings. The van der Waals surface area contributed by atoms with Crippen LogP contribution in [0.2, 0.25) is 5.02 Å². The lowest BCUT2D eigenvalue weighted by Crippen LogP contribution is -2.32. The summed E-state index contributed by atoms with van der Waals surface area (Å²) >= 11 is 6.07. The van der Waals surface area contributed by atoms with Crippen LogP contribution in [-0.4, -0.2) is 25.2 Å². The predicted octanol–water partition coefficient (Wildman–Crippen LogP) is 3.90. The van der Waals surface area contributed by atoms with Gasteiger partial charge in [0.15, 0.2) is 6.10 Å². The van der Waals surface area contributed by atoms with Gasteiger partial charge in [-0.15, -0.1) is 12.4 Å². The van der Waals surface area contributed by atoms with Crippen molar-refractivity contribution >= 4 is 35.6 Å². The summed E-state index contributed by atoms with van der Waals surface area (Å²) in [5.41, 5.74) is 6.06. The van der Waals surface area contributed by atoms with Crippen molar-refractivity contribution in [1.29, 1.82) is 0 Å². The monoisotopic (exact) mass is 384 g/mol. The van der Waals surface area contributed by atoms with Gasteiger partial charge in [0.05, 0.1) is 5.02 Å². The number of hydrogen-bond donors (Lipinski definition) is 2. The third-order valence-electron chi connectivity index (χ3n) is 3.28. The number of benzene rings is 2. The van der Waals surface area contributed by atoms with Crippen molar-refractivity contribution in [3.63, 3.8) is 0 Å². The van der Waals surface area contributed by atoms with Crippen LogP contribution in [0.3, 0.4) is 0 Å². The van der Waals surface area contributed by atoms with Crippen molar-refractivity contribution in [1.82, 2.24) is 0 Å². The van der Waals surface area contributed by atoms with E-state index in [0.29, 0.717) is 41.8 Å². The second-order valence-electron chi connectivity index (χ2n) is 5.10. The molecule has 1 unspecified atom stereocenters. The number of anilines is 1. The Morgan fingerprint density at radius 2 is 1.88 bits per heavy atom. The number of amides is 1. The number of halogens is 2. The average molecular weight is 385 g/mol. The van der Waals surface area contributed by atoms with Crippen LogP contribution in [0.15, 0.2) is 48.5 Å². The van der Waals surface area contributed by atoms with E-state index >= 15 is 0 Å². The number of rotatable bonds is 8. The van der Waals surface area contributed by atoms with E-state index in [1.807, 2.05) is 19.1 Å². The van der Waals surface area contributed by atoms with Gasteiger partial charge in [0.25, 0.3) is 5.91 Å². The number of carbonyl (C=O) groups is 1. The molecule has 3 N–H and O–H groups in total. The number of para-hydroxylation sites is 1.